The van der Waals surface area contributed by atoms with E-state index in [0.717, 1.165) is 37.7 Å². The minimum Gasteiger partial charge on any atom is -0.357 e. The summed E-state index contributed by atoms with van der Waals surface area (Å²) in [6.07, 6.45) is 8.43. The van der Waals surface area contributed by atoms with Crippen LogP contribution in [0.2, 0.25) is 0 Å². The molecule has 2 N–H and O–H groups in total. The van der Waals surface area contributed by atoms with E-state index in [1.165, 1.54) is 16.7 Å². The molecule has 0 spiro atoms. The average molecular weight is 555 g/mol. The Morgan fingerprint density at radius 3 is 2.33 bits per heavy atom. The van der Waals surface area contributed by atoms with Crippen molar-refractivity contribution in [1.82, 2.24) is 30.2 Å². The van der Waals surface area contributed by atoms with Crippen molar-refractivity contribution in [2.45, 2.75) is 26.4 Å². The second-order valence-electron chi connectivity index (χ2n) is 7.46. The summed E-state index contributed by atoms with van der Waals surface area (Å²) in [6.45, 7) is 5.07. The molecule has 0 fully saturated rings. The SMILES string of the molecule is CCNC(=NCc1ccccc1Cn1cccn1)NCCc1ccc(-n2cccn2)cc1.I. The molecule has 33 heavy (non-hydrogen) atoms. The van der Waals surface area contributed by atoms with E-state index in [1.54, 1.807) is 12.4 Å². The first-order chi connectivity index (χ1) is 15.8. The van der Waals surface area contributed by atoms with Crippen LogP contribution in [0.25, 0.3) is 5.69 Å². The summed E-state index contributed by atoms with van der Waals surface area (Å²) in [5.74, 6) is 0.828. The number of nitrogens with one attached hydrogen (secondary N) is 2. The van der Waals surface area contributed by atoms with Crippen molar-refractivity contribution in [2.75, 3.05) is 13.1 Å². The van der Waals surface area contributed by atoms with Gasteiger partial charge in [0.1, 0.15) is 0 Å². The summed E-state index contributed by atoms with van der Waals surface area (Å²) in [5, 5.41) is 15.4. The molecule has 0 saturated carbocycles. The van der Waals surface area contributed by atoms with Crippen LogP contribution in [0.5, 0.6) is 0 Å². The first-order valence-electron chi connectivity index (χ1n) is 11.0. The van der Waals surface area contributed by atoms with Crippen molar-refractivity contribution in [3.63, 3.8) is 0 Å². The van der Waals surface area contributed by atoms with Gasteiger partial charge in [-0.15, -0.1) is 24.0 Å². The van der Waals surface area contributed by atoms with Crippen molar-refractivity contribution in [1.29, 1.82) is 0 Å². The van der Waals surface area contributed by atoms with Crippen molar-refractivity contribution in [3.8, 4) is 5.69 Å². The lowest BCUT2D eigenvalue weighted by atomic mass is 10.1. The molecule has 0 amide bonds. The Morgan fingerprint density at radius 2 is 1.64 bits per heavy atom. The van der Waals surface area contributed by atoms with Crippen molar-refractivity contribution >= 4 is 29.9 Å². The van der Waals surface area contributed by atoms with Gasteiger partial charge in [-0.2, -0.15) is 10.2 Å². The molecule has 0 bridgehead atoms. The van der Waals surface area contributed by atoms with Gasteiger partial charge in [-0.3, -0.25) is 4.68 Å². The molecule has 2 heterocycles. The Balaban J connectivity index is 0.00000306. The van der Waals surface area contributed by atoms with Gasteiger partial charge in [-0.25, -0.2) is 9.67 Å². The average Bonchev–Trinajstić information content (AvgIpc) is 3.53. The van der Waals surface area contributed by atoms with Crippen LogP contribution in [0, 0.1) is 0 Å². The van der Waals surface area contributed by atoms with E-state index in [9.17, 15) is 0 Å². The molecule has 0 radical (unpaired) electrons. The van der Waals surface area contributed by atoms with Crippen LogP contribution in [0.15, 0.2) is 90.4 Å². The first kappa shape index (κ1) is 24.5. The Labute approximate surface area is 212 Å². The van der Waals surface area contributed by atoms with Crippen LogP contribution < -0.4 is 10.6 Å². The highest BCUT2D eigenvalue weighted by Gasteiger charge is 2.04. The maximum Gasteiger partial charge on any atom is 0.191 e. The number of hydrogen-bond donors (Lipinski definition) is 2. The largest absolute Gasteiger partial charge is 0.357 e. The maximum absolute atomic E-state index is 4.81. The zero-order chi connectivity index (χ0) is 22.0. The molecule has 0 aliphatic carbocycles. The van der Waals surface area contributed by atoms with Gasteiger partial charge in [0.05, 0.1) is 18.8 Å². The maximum atomic E-state index is 4.81. The predicted octanol–water partition coefficient (Wildman–Crippen LogP) is 4.03. The predicted molar refractivity (Wildman–Crippen MR) is 143 cm³/mol. The number of nitrogens with zero attached hydrogens (tertiary/aromatic N) is 5. The Kier molecular flexibility index (Phi) is 9.49. The standard InChI is InChI=1S/C25H29N7.HI/c1-2-26-25(27-16-13-21-9-11-24(12-10-21)32-18-6-15-30-32)28-19-22-7-3-4-8-23(22)20-31-17-5-14-29-31;/h3-12,14-15,17-18H,2,13,16,19-20H2,1H3,(H2,26,27,28);1H. The van der Waals surface area contributed by atoms with Crippen LogP contribution in [-0.2, 0) is 19.5 Å². The van der Waals surface area contributed by atoms with E-state index < -0.39 is 0 Å². The monoisotopic (exact) mass is 555 g/mol. The number of halogens is 1. The molecule has 2 aromatic carbocycles. The number of aliphatic imine (C=N–C) groups is 1. The molecule has 0 aliphatic heterocycles. The molecule has 172 valence electrons. The summed E-state index contributed by atoms with van der Waals surface area (Å²) in [5.41, 5.74) is 4.77. The van der Waals surface area contributed by atoms with Crippen molar-refractivity contribution < 1.29 is 0 Å². The summed E-state index contributed by atoms with van der Waals surface area (Å²) in [7, 11) is 0. The minimum absolute atomic E-state index is 0. The van der Waals surface area contributed by atoms with Gasteiger partial charge in [0.2, 0.25) is 0 Å². The normalized spacial score (nSPS) is 11.1. The van der Waals surface area contributed by atoms with Gasteiger partial charge in [0.25, 0.3) is 0 Å². The third kappa shape index (κ3) is 7.18. The molecule has 4 rings (SSSR count). The van der Waals surface area contributed by atoms with Crippen LogP contribution in [-0.4, -0.2) is 38.6 Å². The second kappa shape index (κ2) is 12.8. The summed E-state index contributed by atoms with van der Waals surface area (Å²) >= 11 is 0. The highest BCUT2D eigenvalue weighted by molar-refractivity contribution is 14.0. The summed E-state index contributed by atoms with van der Waals surface area (Å²) < 4.78 is 3.80. The molecule has 2 aromatic heterocycles. The van der Waals surface area contributed by atoms with Gasteiger partial charge >= 0.3 is 0 Å². The lowest BCUT2D eigenvalue weighted by Gasteiger charge is -2.13. The number of hydrogen-bond acceptors (Lipinski definition) is 3. The minimum atomic E-state index is 0. The molecular weight excluding hydrogens is 525 g/mol. The summed E-state index contributed by atoms with van der Waals surface area (Å²) in [4.78, 5) is 4.81. The molecule has 0 saturated heterocycles. The second-order valence-corrected chi connectivity index (χ2v) is 7.46. The Morgan fingerprint density at radius 1 is 0.879 bits per heavy atom. The van der Waals surface area contributed by atoms with E-state index in [0.29, 0.717) is 6.54 Å². The molecule has 0 aliphatic rings. The smallest absolute Gasteiger partial charge is 0.191 e. The van der Waals surface area contributed by atoms with Gasteiger partial charge in [-0.1, -0.05) is 36.4 Å². The number of rotatable bonds is 9. The first-order valence-corrected chi connectivity index (χ1v) is 11.0. The third-order valence-electron chi connectivity index (χ3n) is 5.17. The van der Waals surface area contributed by atoms with Gasteiger partial charge in [-0.05, 0) is 54.3 Å². The van der Waals surface area contributed by atoms with Crippen LogP contribution in [0.1, 0.15) is 23.6 Å². The Hall–Kier alpha value is -3.14. The van der Waals surface area contributed by atoms with Crippen LogP contribution in [0.4, 0.5) is 0 Å². The zero-order valence-electron chi connectivity index (χ0n) is 18.8. The molecule has 0 atom stereocenters. The lowest BCUT2D eigenvalue weighted by molar-refractivity contribution is 0.680. The van der Waals surface area contributed by atoms with E-state index in [4.69, 9.17) is 4.99 Å². The van der Waals surface area contributed by atoms with Crippen LogP contribution in [0.3, 0.4) is 0 Å². The fourth-order valence-electron chi connectivity index (χ4n) is 3.50. The molecule has 4 aromatic rings. The molecule has 0 unspecified atom stereocenters. The number of guanidine groups is 1. The van der Waals surface area contributed by atoms with Crippen molar-refractivity contribution in [2.24, 2.45) is 4.99 Å². The lowest BCUT2D eigenvalue weighted by Crippen LogP contribution is -2.38. The summed E-state index contributed by atoms with van der Waals surface area (Å²) in [6, 6.07) is 20.7. The van der Waals surface area contributed by atoms with Gasteiger partial charge in [0, 0.05) is 37.9 Å². The van der Waals surface area contributed by atoms with E-state index >= 15 is 0 Å². The van der Waals surface area contributed by atoms with E-state index in [-0.39, 0.29) is 24.0 Å². The Bertz CT molecular complexity index is 1100. The topological polar surface area (TPSA) is 72.1 Å². The quantitative estimate of drug-likeness (QED) is 0.186. The fourth-order valence-corrected chi connectivity index (χ4v) is 3.50. The highest BCUT2D eigenvalue weighted by atomic mass is 127. The van der Waals surface area contributed by atoms with E-state index in [2.05, 4.69) is 76.3 Å². The number of benzene rings is 2. The third-order valence-corrected chi connectivity index (χ3v) is 5.17. The van der Waals surface area contributed by atoms with Gasteiger partial charge in [0.15, 0.2) is 5.96 Å². The van der Waals surface area contributed by atoms with Crippen LogP contribution >= 0.6 is 24.0 Å². The fraction of sp³-hybridized carbons (Fsp3) is 0.240. The molecule has 7 nitrogen and oxygen atoms in total. The van der Waals surface area contributed by atoms with Crippen molar-refractivity contribution in [3.05, 3.63) is 102 Å². The molecule has 8 heteroatoms. The number of aromatic nitrogens is 4. The van der Waals surface area contributed by atoms with Gasteiger partial charge < -0.3 is 10.6 Å². The molecular formula is C25H30IN7. The highest BCUT2D eigenvalue weighted by Crippen LogP contribution is 2.12. The van der Waals surface area contributed by atoms with E-state index in [1.807, 2.05) is 33.9 Å². The zero-order valence-corrected chi connectivity index (χ0v) is 21.1.